The van der Waals surface area contributed by atoms with Gasteiger partial charge in [0.05, 0.1) is 0 Å². The maximum atomic E-state index is 11.4. The van der Waals surface area contributed by atoms with Gasteiger partial charge in [0, 0.05) is 32.3 Å². The van der Waals surface area contributed by atoms with Crippen LogP contribution in [0.1, 0.15) is 25.7 Å². The molecule has 1 aromatic rings. The Kier molecular flexibility index (Phi) is 4.36. The van der Waals surface area contributed by atoms with Crippen molar-refractivity contribution >= 4 is 17.7 Å². The number of aryl methyl sites for hydroxylation is 1. The quantitative estimate of drug-likeness (QED) is 0.553. The first-order chi connectivity index (χ1) is 8.27. The highest BCUT2D eigenvalue weighted by molar-refractivity contribution is 7.99. The highest BCUT2D eigenvalue weighted by Crippen LogP contribution is 2.15. The van der Waals surface area contributed by atoms with Gasteiger partial charge in [-0.25, -0.2) is 4.68 Å². The molecule has 6 nitrogen and oxygen atoms in total. The molecule has 1 saturated heterocycles. The van der Waals surface area contributed by atoms with Gasteiger partial charge in [-0.2, -0.15) is 0 Å². The third kappa shape index (κ3) is 3.42. The Hall–Kier alpha value is -1.11. The van der Waals surface area contributed by atoms with E-state index in [2.05, 4.69) is 15.5 Å². The number of unbranched alkanes of at least 4 members (excludes halogenated alkanes) is 1. The van der Waals surface area contributed by atoms with Crippen molar-refractivity contribution < 1.29 is 4.79 Å². The van der Waals surface area contributed by atoms with Gasteiger partial charge < -0.3 is 4.90 Å². The molecule has 0 atom stereocenters. The molecule has 1 fully saturated rings. The van der Waals surface area contributed by atoms with Crippen LogP contribution >= 0.6 is 11.8 Å². The fraction of sp³-hybridized carbons (Fsp3) is 0.800. The molecule has 0 spiro atoms. The van der Waals surface area contributed by atoms with Gasteiger partial charge >= 0.3 is 0 Å². The van der Waals surface area contributed by atoms with Gasteiger partial charge in [-0.3, -0.25) is 4.79 Å². The van der Waals surface area contributed by atoms with Crippen molar-refractivity contribution in [1.29, 1.82) is 0 Å². The van der Waals surface area contributed by atoms with Crippen molar-refractivity contribution in [1.82, 2.24) is 25.1 Å². The van der Waals surface area contributed by atoms with Crippen LogP contribution in [0.15, 0.2) is 5.16 Å². The minimum absolute atomic E-state index is 0.315. The Morgan fingerprint density at radius 1 is 1.41 bits per heavy atom. The van der Waals surface area contributed by atoms with E-state index in [1.54, 1.807) is 16.4 Å². The van der Waals surface area contributed by atoms with Crippen LogP contribution in [0.25, 0.3) is 0 Å². The third-order valence-electron chi connectivity index (χ3n) is 2.81. The van der Waals surface area contributed by atoms with Gasteiger partial charge in [0.2, 0.25) is 11.1 Å². The van der Waals surface area contributed by atoms with Crippen LogP contribution in [-0.4, -0.2) is 49.9 Å². The maximum Gasteiger partial charge on any atom is 0.222 e. The summed E-state index contributed by atoms with van der Waals surface area (Å²) in [4.78, 5) is 13.3. The smallest absolute Gasteiger partial charge is 0.222 e. The van der Waals surface area contributed by atoms with E-state index < -0.39 is 0 Å². The lowest BCUT2D eigenvalue weighted by atomic mass is 10.3. The van der Waals surface area contributed by atoms with Gasteiger partial charge in [-0.15, -0.1) is 5.10 Å². The average molecular weight is 255 g/mol. The number of nitrogens with zero attached hydrogens (tertiary/aromatic N) is 5. The highest BCUT2D eigenvalue weighted by Gasteiger charge is 2.18. The number of tetrazole rings is 1. The van der Waals surface area contributed by atoms with Crippen LogP contribution in [-0.2, 0) is 11.8 Å². The van der Waals surface area contributed by atoms with E-state index in [9.17, 15) is 4.79 Å². The van der Waals surface area contributed by atoms with Crippen molar-refractivity contribution in [3.05, 3.63) is 0 Å². The molecule has 1 amide bonds. The molecule has 0 radical (unpaired) electrons. The summed E-state index contributed by atoms with van der Waals surface area (Å²) in [6.45, 7) is 1.84. The molecule has 1 aromatic heterocycles. The summed E-state index contributed by atoms with van der Waals surface area (Å²) in [5.41, 5.74) is 0. The lowest BCUT2D eigenvalue weighted by Gasteiger charge is -2.14. The third-order valence-corrected chi connectivity index (χ3v) is 3.90. The van der Waals surface area contributed by atoms with Crippen LogP contribution in [0.3, 0.4) is 0 Å². The van der Waals surface area contributed by atoms with E-state index in [-0.39, 0.29) is 0 Å². The van der Waals surface area contributed by atoms with Crippen molar-refractivity contribution in [2.45, 2.75) is 30.8 Å². The summed E-state index contributed by atoms with van der Waals surface area (Å²) in [6, 6.07) is 0. The summed E-state index contributed by atoms with van der Waals surface area (Å²) in [6.07, 6.45) is 3.91. The van der Waals surface area contributed by atoms with Crippen LogP contribution in [0.4, 0.5) is 0 Å². The predicted molar refractivity (Wildman–Crippen MR) is 64.6 cm³/mol. The molecule has 0 aromatic carbocycles. The molecule has 1 aliphatic heterocycles. The fourth-order valence-electron chi connectivity index (χ4n) is 1.85. The number of thioether (sulfide) groups is 1. The van der Waals surface area contributed by atoms with Gasteiger partial charge in [0.25, 0.3) is 0 Å². The van der Waals surface area contributed by atoms with E-state index in [0.29, 0.717) is 5.91 Å². The number of hydrogen-bond donors (Lipinski definition) is 0. The normalized spacial score (nSPS) is 15.8. The zero-order valence-corrected chi connectivity index (χ0v) is 10.8. The molecule has 0 bridgehead atoms. The van der Waals surface area contributed by atoms with Crippen LogP contribution in [0.2, 0.25) is 0 Å². The Bertz CT molecular complexity index is 381. The molecule has 0 aliphatic carbocycles. The van der Waals surface area contributed by atoms with Gasteiger partial charge in [0.1, 0.15) is 0 Å². The summed E-state index contributed by atoms with van der Waals surface area (Å²) in [5.74, 6) is 1.31. The first kappa shape index (κ1) is 12.3. The number of amides is 1. The summed E-state index contributed by atoms with van der Waals surface area (Å²) in [7, 11) is 1.84. The second-order valence-corrected chi connectivity index (χ2v) is 5.19. The van der Waals surface area contributed by atoms with Gasteiger partial charge in [0.15, 0.2) is 0 Å². The van der Waals surface area contributed by atoms with Crippen molar-refractivity contribution in [2.75, 3.05) is 18.8 Å². The molecule has 2 rings (SSSR count). The zero-order chi connectivity index (χ0) is 12.1. The SMILES string of the molecule is Cn1nnnc1SCCCCN1CCCC1=O. The van der Waals surface area contributed by atoms with Crippen molar-refractivity contribution in [2.24, 2.45) is 7.05 Å². The summed E-state index contributed by atoms with van der Waals surface area (Å²) >= 11 is 1.66. The second-order valence-electron chi connectivity index (χ2n) is 4.12. The number of rotatable bonds is 6. The lowest BCUT2D eigenvalue weighted by Crippen LogP contribution is -2.25. The molecule has 0 saturated carbocycles. The van der Waals surface area contributed by atoms with E-state index in [0.717, 1.165) is 49.7 Å². The lowest BCUT2D eigenvalue weighted by molar-refractivity contribution is -0.127. The predicted octanol–water partition coefficient (Wildman–Crippen LogP) is 0.705. The van der Waals surface area contributed by atoms with E-state index >= 15 is 0 Å². The molecule has 2 heterocycles. The maximum absolute atomic E-state index is 11.4. The monoisotopic (exact) mass is 255 g/mol. The average Bonchev–Trinajstić information content (AvgIpc) is 2.89. The molecule has 17 heavy (non-hydrogen) atoms. The Balaban J connectivity index is 1.58. The molecule has 1 aliphatic rings. The number of hydrogen-bond acceptors (Lipinski definition) is 5. The number of likely N-dealkylation sites (tertiary alicyclic amines) is 1. The summed E-state index contributed by atoms with van der Waals surface area (Å²) < 4.78 is 1.68. The van der Waals surface area contributed by atoms with Gasteiger partial charge in [-0.05, 0) is 29.7 Å². The summed E-state index contributed by atoms with van der Waals surface area (Å²) in [5, 5.41) is 12.1. The molecular formula is C10H17N5OS. The number of carbonyl (C=O) groups excluding carboxylic acids is 1. The van der Waals surface area contributed by atoms with E-state index in [4.69, 9.17) is 0 Å². The van der Waals surface area contributed by atoms with Gasteiger partial charge in [-0.1, -0.05) is 11.8 Å². The Morgan fingerprint density at radius 3 is 2.94 bits per heavy atom. The minimum Gasteiger partial charge on any atom is -0.343 e. The molecule has 0 N–H and O–H groups in total. The largest absolute Gasteiger partial charge is 0.343 e. The van der Waals surface area contributed by atoms with E-state index in [1.165, 1.54) is 0 Å². The number of aromatic nitrogens is 4. The van der Waals surface area contributed by atoms with Crippen LogP contribution in [0.5, 0.6) is 0 Å². The van der Waals surface area contributed by atoms with Crippen molar-refractivity contribution in [3.8, 4) is 0 Å². The second kappa shape index (κ2) is 6.00. The number of carbonyl (C=O) groups is 1. The fourth-order valence-corrected chi connectivity index (χ4v) is 2.70. The molecular weight excluding hydrogens is 238 g/mol. The van der Waals surface area contributed by atoms with Crippen LogP contribution in [0, 0.1) is 0 Å². The zero-order valence-electron chi connectivity index (χ0n) is 10.0. The highest BCUT2D eigenvalue weighted by atomic mass is 32.2. The Labute approximate surface area is 105 Å². The Morgan fingerprint density at radius 2 is 2.29 bits per heavy atom. The minimum atomic E-state index is 0.315. The molecule has 94 valence electrons. The van der Waals surface area contributed by atoms with E-state index in [1.807, 2.05) is 11.9 Å². The van der Waals surface area contributed by atoms with Crippen LogP contribution < -0.4 is 0 Å². The molecule has 0 unspecified atom stereocenters. The topological polar surface area (TPSA) is 63.9 Å². The standard InChI is InChI=1S/C10H17N5OS/c1-14-10(11-12-13-14)17-8-3-2-6-15-7-4-5-9(15)16/h2-8H2,1H3. The molecule has 7 heteroatoms. The van der Waals surface area contributed by atoms with Crippen molar-refractivity contribution in [3.63, 3.8) is 0 Å². The first-order valence-electron chi connectivity index (χ1n) is 5.90. The first-order valence-corrected chi connectivity index (χ1v) is 6.89.